The summed E-state index contributed by atoms with van der Waals surface area (Å²) >= 11 is 0. The molecule has 0 bridgehead atoms. The minimum Gasteiger partial charge on any atom is -1.00 e. The van der Waals surface area contributed by atoms with Crippen molar-refractivity contribution in [1.29, 1.82) is 0 Å². The van der Waals surface area contributed by atoms with Crippen LogP contribution in [0.1, 0.15) is 1.43 Å². The van der Waals surface area contributed by atoms with Crippen LogP contribution in [-0.2, 0) is 4.57 Å². The van der Waals surface area contributed by atoms with Gasteiger partial charge < -0.3 is 20.7 Å². The topological polar surface area (TPSA) is 86.2 Å². The van der Waals surface area contributed by atoms with Gasteiger partial charge in [-0.15, -0.1) is 0 Å². The summed E-state index contributed by atoms with van der Waals surface area (Å²) in [6, 6.07) is 0. The molecule has 0 aromatic heterocycles. The van der Waals surface area contributed by atoms with E-state index in [4.69, 9.17) is 19.2 Å². The molecule has 0 spiro atoms. The third-order valence-electron chi connectivity index (χ3n) is 0. The van der Waals surface area contributed by atoms with Crippen LogP contribution in [-0.4, -0.2) is 0 Å². The molecule has 0 heterocycles. The van der Waals surface area contributed by atoms with Crippen molar-refractivity contribution in [3.05, 3.63) is 0 Å². The minimum absolute atomic E-state index is 0. The van der Waals surface area contributed by atoms with Gasteiger partial charge in [-0.05, 0) is 0 Å². The molecule has 0 aliphatic carbocycles. The summed E-state index contributed by atoms with van der Waals surface area (Å²) in [5, 5.41) is 0. The van der Waals surface area contributed by atoms with Crippen LogP contribution in [0.3, 0.4) is 0 Å². The fraction of sp³-hybridized carbons (Fsp3) is 0. The largest absolute Gasteiger partial charge is 1.00 e. The third kappa shape index (κ3) is 55.9. The Balaban J connectivity index is -0.00000000800. The zero-order valence-corrected chi connectivity index (χ0v) is 18.3. The minimum atomic E-state index is -5.39. The molecule has 34 valence electrons. The summed E-state index contributed by atoms with van der Waals surface area (Å²) in [4.78, 5) is 25.6. The smallest absolute Gasteiger partial charge is 1.00 e. The first-order chi connectivity index (χ1) is 2.00. The molecule has 9 heteroatoms. The van der Waals surface area contributed by atoms with Crippen LogP contribution in [0.15, 0.2) is 0 Å². The summed E-state index contributed by atoms with van der Waals surface area (Å²) in [5.41, 5.74) is 0. The maximum atomic E-state index is 8.55. The van der Waals surface area contributed by atoms with E-state index in [9.17, 15) is 0 Å². The molecule has 0 unspecified atom stereocenters. The van der Waals surface area contributed by atoms with Gasteiger partial charge in [0.15, 0.2) is 0 Å². The second-order valence-electron chi connectivity index (χ2n) is 0.447. The van der Waals surface area contributed by atoms with Crippen molar-refractivity contribution in [2.24, 2.45) is 0 Å². The van der Waals surface area contributed by atoms with Gasteiger partial charge in [0.1, 0.15) is 0 Å². The molecule has 0 saturated carbocycles. The molecule has 0 fully saturated rings. The number of phosphoric acid groups is 1. The molecule has 4 nitrogen and oxygen atoms in total. The quantitative estimate of drug-likeness (QED) is 0.309. The molecule has 0 aromatic carbocycles. The monoisotopic (exact) mass is 236 g/mol. The van der Waals surface area contributed by atoms with Crippen molar-refractivity contribution >= 4 is 7.82 Å². The third-order valence-corrected chi connectivity index (χ3v) is 0. The van der Waals surface area contributed by atoms with Gasteiger partial charge >= 0.3 is 184 Å². The normalized spacial score (nSPS) is 6.56. The SMILES string of the molecule is O=P([O-])([O-])[O-].[H-].[K+].[K+].[K+].[Na+]. The van der Waals surface area contributed by atoms with Gasteiger partial charge in [0, 0.05) is 0 Å². The predicted octanol–water partition coefficient (Wildman–Crippen LogP) is -14.7. The Labute approximate surface area is 205 Å². The first-order valence-electron chi connectivity index (χ1n) is 0.730. The van der Waals surface area contributed by atoms with Crippen molar-refractivity contribution in [3.8, 4) is 0 Å². The van der Waals surface area contributed by atoms with Gasteiger partial charge in [-0.25, -0.2) is 0 Å². The molecule has 0 amide bonds. The Bertz CT molecular complexity index is 66.6. The Morgan fingerprint density at radius 3 is 1.00 bits per heavy atom. The van der Waals surface area contributed by atoms with Gasteiger partial charge in [-0.1, -0.05) is 0 Å². The molecule has 0 aliphatic rings. The van der Waals surface area contributed by atoms with Crippen molar-refractivity contribution in [1.82, 2.24) is 0 Å². The summed E-state index contributed by atoms with van der Waals surface area (Å²) < 4.78 is 8.55. The molecule has 0 aromatic rings. The number of rotatable bonds is 0. The first-order valence-corrected chi connectivity index (χ1v) is 2.19. The van der Waals surface area contributed by atoms with Crippen molar-refractivity contribution in [2.75, 3.05) is 0 Å². The van der Waals surface area contributed by atoms with Crippen molar-refractivity contribution < 1.29 is 204 Å². The van der Waals surface area contributed by atoms with Gasteiger partial charge in [0.2, 0.25) is 0 Å². The first kappa shape index (κ1) is 29.4. The van der Waals surface area contributed by atoms with Gasteiger partial charge in [-0.3, -0.25) is 0 Å². The molecule has 0 N–H and O–H groups in total. The summed E-state index contributed by atoms with van der Waals surface area (Å²) in [5.74, 6) is 0. The van der Waals surface area contributed by atoms with Crippen molar-refractivity contribution in [3.63, 3.8) is 0 Å². The Morgan fingerprint density at radius 1 is 1.00 bits per heavy atom. The van der Waals surface area contributed by atoms with Crippen LogP contribution in [0.2, 0.25) is 0 Å². The summed E-state index contributed by atoms with van der Waals surface area (Å²) in [6.45, 7) is 0. The van der Waals surface area contributed by atoms with E-state index in [2.05, 4.69) is 0 Å². The van der Waals surface area contributed by atoms with E-state index in [1.54, 1.807) is 0 Å². The van der Waals surface area contributed by atoms with E-state index in [-0.39, 0.29) is 185 Å². The van der Waals surface area contributed by atoms with E-state index in [1.807, 2.05) is 0 Å². The Hall–Kier alpha value is 6.02. The van der Waals surface area contributed by atoms with Crippen molar-refractivity contribution in [2.45, 2.75) is 0 Å². The maximum Gasteiger partial charge on any atom is 1.00 e. The van der Waals surface area contributed by atoms with E-state index < -0.39 is 7.82 Å². The Morgan fingerprint density at radius 2 is 1.00 bits per heavy atom. The fourth-order valence-corrected chi connectivity index (χ4v) is 0. The summed E-state index contributed by atoms with van der Waals surface area (Å²) in [6.07, 6.45) is 0. The zero-order valence-electron chi connectivity index (χ0n) is 7.08. The van der Waals surface area contributed by atoms with Gasteiger partial charge in [0.25, 0.3) is 0 Å². The molecule has 0 radical (unpaired) electrons. The average Bonchev–Trinajstić information content (AvgIpc) is 0.722. The number of hydrogen-bond acceptors (Lipinski definition) is 4. The van der Waals surface area contributed by atoms with E-state index in [0.717, 1.165) is 0 Å². The molecule has 9 heavy (non-hydrogen) atoms. The van der Waals surface area contributed by atoms with Crippen LogP contribution in [0.5, 0.6) is 0 Å². The van der Waals surface area contributed by atoms with Crippen LogP contribution in [0.25, 0.3) is 0 Å². The second kappa shape index (κ2) is 16.4. The van der Waals surface area contributed by atoms with E-state index in [1.165, 1.54) is 0 Å². The fourth-order valence-electron chi connectivity index (χ4n) is 0. The zero-order chi connectivity index (χ0) is 4.50. The molecule has 0 aliphatic heterocycles. The average molecular weight is 236 g/mol. The molecular weight excluding hydrogens is 235 g/mol. The van der Waals surface area contributed by atoms with Crippen LogP contribution < -0.4 is 198 Å². The van der Waals surface area contributed by atoms with Crippen LogP contribution in [0, 0.1) is 0 Å². The standard InChI is InChI=1S/3K.Na.H3O4P.H/c;;;;1-5(2,3)4;/h;;;;(H3,1,2,3,4);/q4*+1;;-1/p-3. The molecule has 0 saturated heterocycles. The molecule has 0 rings (SSSR count). The second-order valence-corrected chi connectivity index (χ2v) is 1.34. The predicted molar refractivity (Wildman–Crippen MR) is 8.72 cm³/mol. The van der Waals surface area contributed by atoms with Gasteiger partial charge in [-0.2, -0.15) is 7.82 Å². The maximum absolute atomic E-state index is 8.55. The molecular formula is HK3NaO4P. The van der Waals surface area contributed by atoms with E-state index >= 15 is 0 Å². The van der Waals surface area contributed by atoms with Crippen LogP contribution >= 0.6 is 7.82 Å². The number of hydrogen-bond donors (Lipinski definition) is 0. The molecule has 0 atom stereocenters. The van der Waals surface area contributed by atoms with Crippen LogP contribution in [0.4, 0.5) is 0 Å². The van der Waals surface area contributed by atoms with Gasteiger partial charge in [0.05, 0.1) is 0 Å². The Kier molecular flexibility index (Phi) is 53.7. The van der Waals surface area contributed by atoms with E-state index in [0.29, 0.717) is 0 Å². The summed E-state index contributed by atoms with van der Waals surface area (Å²) in [7, 11) is -5.39.